The van der Waals surface area contributed by atoms with Gasteiger partial charge >= 0.3 is 0 Å². The monoisotopic (exact) mass is 260 g/mol. The Bertz CT molecular complexity index is 555. The van der Waals surface area contributed by atoms with Crippen LogP contribution >= 0.6 is 0 Å². The maximum Gasteiger partial charge on any atom is 0.203 e. The summed E-state index contributed by atoms with van der Waals surface area (Å²) >= 11 is 0. The van der Waals surface area contributed by atoms with Gasteiger partial charge in [0.25, 0.3) is 0 Å². The van der Waals surface area contributed by atoms with Gasteiger partial charge < -0.3 is 11.1 Å². The van der Waals surface area contributed by atoms with Crippen LogP contribution in [0.25, 0.3) is 5.65 Å². The van der Waals surface area contributed by atoms with E-state index >= 15 is 0 Å². The summed E-state index contributed by atoms with van der Waals surface area (Å²) in [5.74, 6) is 2.38. The Morgan fingerprint density at radius 1 is 1.32 bits per heavy atom. The highest BCUT2D eigenvalue weighted by Crippen LogP contribution is 2.23. The lowest BCUT2D eigenvalue weighted by atomic mass is 9.86. The fraction of sp³-hybridized carbons (Fsp3) is 0.615. The molecule has 6 nitrogen and oxygen atoms in total. The molecule has 1 aliphatic carbocycles. The maximum atomic E-state index is 5.93. The fourth-order valence-corrected chi connectivity index (χ4v) is 2.70. The van der Waals surface area contributed by atoms with Crippen LogP contribution in [0.1, 0.15) is 31.5 Å². The van der Waals surface area contributed by atoms with Crippen molar-refractivity contribution in [2.75, 3.05) is 11.9 Å². The molecule has 0 saturated heterocycles. The number of fused-ring (bicyclic) bond motifs is 1. The Hall–Kier alpha value is -1.69. The molecule has 2 aromatic rings. The first-order chi connectivity index (χ1) is 9.24. The van der Waals surface area contributed by atoms with E-state index in [1.165, 1.54) is 12.8 Å². The van der Waals surface area contributed by atoms with Gasteiger partial charge in [0.15, 0.2) is 5.82 Å². The molecule has 0 aromatic carbocycles. The summed E-state index contributed by atoms with van der Waals surface area (Å²) < 4.78 is 1.95. The second-order valence-corrected chi connectivity index (χ2v) is 5.38. The average molecular weight is 260 g/mol. The summed E-state index contributed by atoms with van der Waals surface area (Å²) in [7, 11) is 0. The molecule has 102 valence electrons. The van der Waals surface area contributed by atoms with E-state index in [0.29, 0.717) is 12.0 Å². The third kappa shape index (κ3) is 2.53. The van der Waals surface area contributed by atoms with Crippen molar-refractivity contribution in [1.29, 1.82) is 0 Å². The minimum Gasteiger partial charge on any atom is -0.367 e. The lowest BCUT2D eigenvalue weighted by molar-refractivity contribution is 0.338. The van der Waals surface area contributed by atoms with E-state index in [1.54, 1.807) is 6.20 Å². The van der Waals surface area contributed by atoms with Crippen molar-refractivity contribution in [1.82, 2.24) is 19.6 Å². The molecule has 19 heavy (non-hydrogen) atoms. The van der Waals surface area contributed by atoms with Crippen molar-refractivity contribution < 1.29 is 0 Å². The molecule has 2 heterocycles. The summed E-state index contributed by atoms with van der Waals surface area (Å²) in [6, 6.07) is 0.400. The Morgan fingerprint density at radius 3 is 2.89 bits per heavy atom. The second-order valence-electron chi connectivity index (χ2n) is 5.38. The minimum atomic E-state index is 0.400. The highest BCUT2D eigenvalue weighted by molar-refractivity contribution is 5.61. The number of anilines is 1. The molecule has 1 fully saturated rings. The Balaban J connectivity index is 1.68. The highest BCUT2D eigenvalue weighted by Gasteiger charge is 2.18. The number of aromatic nitrogens is 4. The summed E-state index contributed by atoms with van der Waals surface area (Å²) in [5.41, 5.74) is 6.73. The van der Waals surface area contributed by atoms with Gasteiger partial charge in [-0.25, -0.2) is 4.98 Å². The van der Waals surface area contributed by atoms with Crippen molar-refractivity contribution >= 4 is 11.5 Å². The summed E-state index contributed by atoms with van der Waals surface area (Å²) in [5, 5.41) is 11.6. The molecule has 3 N–H and O–H groups in total. The largest absolute Gasteiger partial charge is 0.367 e. The highest BCUT2D eigenvalue weighted by atomic mass is 15.3. The fourth-order valence-electron chi connectivity index (χ4n) is 2.70. The maximum absolute atomic E-state index is 5.93. The summed E-state index contributed by atoms with van der Waals surface area (Å²) in [6.45, 7) is 2.87. The Kier molecular flexibility index (Phi) is 3.33. The third-order valence-electron chi connectivity index (χ3n) is 3.95. The van der Waals surface area contributed by atoms with E-state index in [0.717, 1.165) is 36.7 Å². The van der Waals surface area contributed by atoms with Crippen molar-refractivity contribution in [3.05, 3.63) is 18.2 Å². The van der Waals surface area contributed by atoms with Crippen LogP contribution in [0.2, 0.25) is 0 Å². The number of nitrogens with one attached hydrogen (secondary N) is 1. The average Bonchev–Trinajstić information content (AvgIpc) is 2.81. The van der Waals surface area contributed by atoms with Gasteiger partial charge in [-0.2, -0.15) is 0 Å². The Labute approximate surface area is 112 Å². The molecular formula is C13H20N6. The topological polar surface area (TPSA) is 81.1 Å². The molecule has 0 unspecified atom stereocenters. The lowest BCUT2D eigenvalue weighted by Gasteiger charge is -2.26. The number of aryl methyl sites for hydroxylation is 1. The van der Waals surface area contributed by atoms with E-state index in [-0.39, 0.29) is 0 Å². The quantitative estimate of drug-likeness (QED) is 0.871. The smallest absolute Gasteiger partial charge is 0.203 e. The molecule has 0 radical (unpaired) electrons. The first-order valence-corrected chi connectivity index (χ1v) is 6.90. The molecule has 2 aromatic heterocycles. The summed E-state index contributed by atoms with van der Waals surface area (Å²) in [4.78, 5) is 4.36. The van der Waals surface area contributed by atoms with Crippen molar-refractivity contribution in [3.63, 3.8) is 0 Å². The molecule has 6 heteroatoms. The number of rotatable bonds is 3. The first-order valence-electron chi connectivity index (χ1n) is 6.90. The van der Waals surface area contributed by atoms with Crippen molar-refractivity contribution in [2.24, 2.45) is 11.7 Å². The van der Waals surface area contributed by atoms with Gasteiger partial charge in [-0.05, 0) is 38.5 Å². The van der Waals surface area contributed by atoms with Gasteiger partial charge in [0.2, 0.25) is 5.65 Å². The van der Waals surface area contributed by atoms with Gasteiger partial charge in [-0.3, -0.25) is 4.40 Å². The number of nitrogens with two attached hydrogens (primary N) is 1. The SMILES string of the molecule is Cc1nnc2c(NCC3CCC(N)CC3)nccn12. The molecular weight excluding hydrogens is 240 g/mol. The predicted molar refractivity (Wildman–Crippen MR) is 73.9 cm³/mol. The molecule has 0 amide bonds. The van der Waals surface area contributed by atoms with Gasteiger partial charge in [0.05, 0.1) is 0 Å². The molecule has 0 bridgehead atoms. The predicted octanol–water partition coefficient (Wildman–Crippen LogP) is 1.36. The zero-order valence-electron chi connectivity index (χ0n) is 11.2. The molecule has 0 spiro atoms. The van der Waals surface area contributed by atoms with E-state index in [4.69, 9.17) is 5.73 Å². The van der Waals surface area contributed by atoms with Crippen LogP contribution in [-0.2, 0) is 0 Å². The van der Waals surface area contributed by atoms with Crippen molar-refractivity contribution in [2.45, 2.75) is 38.6 Å². The van der Waals surface area contributed by atoms with E-state index < -0.39 is 0 Å². The van der Waals surface area contributed by atoms with Crippen molar-refractivity contribution in [3.8, 4) is 0 Å². The van der Waals surface area contributed by atoms with E-state index in [2.05, 4.69) is 20.5 Å². The Morgan fingerprint density at radius 2 is 2.11 bits per heavy atom. The van der Waals surface area contributed by atoms with E-state index in [1.807, 2.05) is 17.5 Å². The second kappa shape index (κ2) is 5.13. The lowest BCUT2D eigenvalue weighted by Crippen LogP contribution is -2.29. The first kappa shape index (κ1) is 12.3. The normalized spacial score (nSPS) is 23.7. The van der Waals surface area contributed by atoms with Gasteiger partial charge in [-0.15, -0.1) is 10.2 Å². The van der Waals surface area contributed by atoms with Crippen LogP contribution in [-0.4, -0.2) is 32.2 Å². The summed E-state index contributed by atoms with van der Waals surface area (Å²) in [6.07, 6.45) is 8.33. The standard InChI is InChI=1S/C13H20N6/c1-9-17-18-13-12(15-6-7-19(9)13)16-8-10-2-4-11(14)5-3-10/h6-7,10-11H,2-5,8,14H2,1H3,(H,15,16). The zero-order valence-corrected chi connectivity index (χ0v) is 11.2. The third-order valence-corrected chi connectivity index (χ3v) is 3.95. The van der Waals surface area contributed by atoms with E-state index in [9.17, 15) is 0 Å². The van der Waals surface area contributed by atoms with Crippen LogP contribution in [0.15, 0.2) is 12.4 Å². The molecule has 0 atom stereocenters. The number of hydrogen-bond donors (Lipinski definition) is 2. The van der Waals surface area contributed by atoms with Crippen LogP contribution in [0.4, 0.5) is 5.82 Å². The number of hydrogen-bond acceptors (Lipinski definition) is 5. The van der Waals surface area contributed by atoms with Gasteiger partial charge in [0.1, 0.15) is 5.82 Å². The molecule has 1 saturated carbocycles. The molecule has 0 aliphatic heterocycles. The minimum absolute atomic E-state index is 0.400. The van der Waals surface area contributed by atoms with Gasteiger partial charge in [0, 0.05) is 25.0 Å². The van der Waals surface area contributed by atoms with Crippen LogP contribution in [0.3, 0.4) is 0 Å². The van der Waals surface area contributed by atoms with Crippen LogP contribution < -0.4 is 11.1 Å². The van der Waals surface area contributed by atoms with Gasteiger partial charge in [-0.1, -0.05) is 0 Å². The van der Waals surface area contributed by atoms with Crippen LogP contribution in [0.5, 0.6) is 0 Å². The van der Waals surface area contributed by atoms with Crippen LogP contribution in [0, 0.1) is 12.8 Å². The zero-order chi connectivity index (χ0) is 13.2. The molecule has 1 aliphatic rings. The molecule has 3 rings (SSSR count). The number of nitrogens with zero attached hydrogens (tertiary/aromatic N) is 4.